The maximum absolute atomic E-state index is 6.28. The van der Waals surface area contributed by atoms with E-state index in [1.165, 1.54) is 0 Å². The van der Waals surface area contributed by atoms with Gasteiger partial charge in [0.25, 0.3) is 0 Å². The van der Waals surface area contributed by atoms with Gasteiger partial charge in [0.15, 0.2) is 0 Å². The van der Waals surface area contributed by atoms with Crippen LogP contribution in [0.3, 0.4) is 0 Å². The van der Waals surface area contributed by atoms with Crippen molar-refractivity contribution in [2.24, 2.45) is 0 Å². The molecule has 0 aromatic heterocycles. The predicted octanol–water partition coefficient (Wildman–Crippen LogP) is 3.30. The average molecular weight is 261 g/mol. The van der Waals surface area contributed by atoms with Crippen LogP contribution in [0.4, 0.5) is 0 Å². The van der Waals surface area contributed by atoms with Crippen LogP contribution >= 0.6 is 7.43 Å². The summed E-state index contributed by atoms with van der Waals surface area (Å²) in [7, 11) is -3.08. The number of hydrogen-bond donors (Lipinski definition) is 0. The van der Waals surface area contributed by atoms with Crippen molar-refractivity contribution < 1.29 is 13.6 Å². The van der Waals surface area contributed by atoms with E-state index in [9.17, 15) is 0 Å². The normalized spacial score (nSPS) is 36.6. The zero-order chi connectivity index (χ0) is 12.7. The van der Waals surface area contributed by atoms with E-state index in [2.05, 4.69) is 38.4 Å². The molecule has 2 aliphatic heterocycles. The molecule has 2 unspecified atom stereocenters. The average Bonchev–Trinajstić information content (AvgIpc) is 2.70. The first kappa shape index (κ1) is 13.3. The standard InChI is InChI=1S/C12H24NO3P/c1-6-13(7-2)17(9-8-10(3)14-17)15-11(4)12(5)16-17/h8,11-12H,6-7,9H2,1-5H3. The third-order valence-electron chi connectivity index (χ3n) is 3.69. The van der Waals surface area contributed by atoms with Gasteiger partial charge < -0.3 is 0 Å². The van der Waals surface area contributed by atoms with Crippen molar-refractivity contribution in [1.82, 2.24) is 4.67 Å². The topological polar surface area (TPSA) is 30.9 Å². The van der Waals surface area contributed by atoms with E-state index < -0.39 is 7.43 Å². The zero-order valence-electron chi connectivity index (χ0n) is 11.5. The number of hydrogen-bond acceptors (Lipinski definition) is 4. The molecule has 4 nitrogen and oxygen atoms in total. The summed E-state index contributed by atoms with van der Waals surface area (Å²) < 4.78 is 21.0. The van der Waals surface area contributed by atoms with E-state index in [0.717, 1.165) is 25.0 Å². The molecular formula is C12H24NO3P. The molecule has 5 heteroatoms. The Hall–Kier alpha value is -0.150. The Morgan fingerprint density at radius 3 is 2.12 bits per heavy atom. The fourth-order valence-electron chi connectivity index (χ4n) is 2.70. The summed E-state index contributed by atoms with van der Waals surface area (Å²) in [5.41, 5.74) is 0. The molecule has 2 rings (SSSR count). The molecule has 0 aliphatic carbocycles. The van der Waals surface area contributed by atoms with E-state index in [1.54, 1.807) is 0 Å². The van der Waals surface area contributed by atoms with Gasteiger partial charge in [-0.25, -0.2) is 0 Å². The van der Waals surface area contributed by atoms with Gasteiger partial charge in [0.2, 0.25) is 0 Å². The summed E-state index contributed by atoms with van der Waals surface area (Å²) in [4.78, 5) is 0. The number of allylic oxidation sites excluding steroid dienone is 2. The van der Waals surface area contributed by atoms with E-state index in [4.69, 9.17) is 13.6 Å². The third-order valence-corrected chi connectivity index (χ3v) is 8.29. The van der Waals surface area contributed by atoms with Gasteiger partial charge in [0, 0.05) is 0 Å². The van der Waals surface area contributed by atoms with Crippen LogP contribution in [0.1, 0.15) is 34.6 Å². The second-order valence-electron chi connectivity index (χ2n) is 4.85. The molecule has 100 valence electrons. The second kappa shape index (κ2) is 4.20. The van der Waals surface area contributed by atoms with Gasteiger partial charge in [-0.05, 0) is 0 Å². The Morgan fingerprint density at radius 2 is 1.76 bits per heavy atom. The summed E-state index contributed by atoms with van der Waals surface area (Å²) in [5, 5.41) is 0. The molecule has 0 aromatic rings. The molecule has 2 atom stereocenters. The van der Waals surface area contributed by atoms with Crippen molar-refractivity contribution in [3.63, 3.8) is 0 Å². The molecule has 2 aliphatic rings. The molecule has 1 spiro atoms. The fraction of sp³-hybridized carbons (Fsp3) is 0.833. The van der Waals surface area contributed by atoms with Gasteiger partial charge in [-0.2, -0.15) is 0 Å². The van der Waals surface area contributed by atoms with Gasteiger partial charge in [-0.3, -0.25) is 0 Å². The van der Waals surface area contributed by atoms with E-state index in [0.29, 0.717) is 0 Å². The summed E-state index contributed by atoms with van der Waals surface area (Å²) in [6.07, 6.45) is 3.04. The Morgan fingerprint density at radius 1 is 1.24 bits per heavy atom. The van der Waals surface area contributed by atoms with Crippen LogP contribution in [0.5, 0.6) is 0 Å². The first-order valence-corrected chi connectivity index (χ1v) is 8.60. The molecule has 0 amide bonds. The zero-order valence-corrected chi connectivity index (χ0v) is 12.4. The van der Waals surface area contributed by atoms with Gasteiger partial charge in [-0.15, -0.1) is 0 Å². The molecule has 1 saturated heterocycles. The van der Waals surface area contributed by atoms with Crippen LogP contribution < -0.4 is 0 Å². The quantitative estimate of drug-likeness (QED) is 0.729. The third kappa shape index (κ3) is 1.82. The van der Waals surface area contributed by atoms with Crippen LogP contribution in [0.2, 0.25) is 0 Å². The van der Waals surface area contributed by atoms with Gasteiger partial charge in [-0.1, -0.05) is 0 Å². The van der Waals surface area contributed by atoms with Crippen molar-refractivity contribution in [3.05, 3.63) is 11.8 Å². The molecule has 1 fully saturated rings. The first-order chi connectivity index (χ1) is 7.95. The summed E-state index contributed by atoms with van der Waals surface area (Å²) in [6.45, 7) is 12.1. The minimum atomic E-state index is -3.08. The second-order valence-corrected chi connectivity index (χ2v) is 8.38. The van der Waals surface area contributed by atoms with E-state index in [-0.39, 0.29) is 12.2 Å². The minimum absolute atomic E-state index is 0.0903. The Labute approximate surface area is 104 Å². The van der Waals surface area contributed by atoms with Crippen LogP contribution in [-0.4, -0.2) is 36.1 Å². The Kier molecular flexibility index (Phi) is 3.28. The maximum atomic E-state index is 6.28. The van der Waals surface area contributed by atoms with Crippen molar-refractivity contribution in [3.8, 4) is 0 Å². The van der Waals surface area contributed by atoms with Gasteiger partial charge in [0.1, 0.15) is 0 Å². The summed E-state index contributed by atoms with van der Waals surface area (Å²) >= 11 is 0. The predicted molar refractivity (Wildman–Crippen MR) is 70.6 cm³/mol. The molecule has 2 heterocycles. The van der Waals surface area contributed by atoms with Crippen LogP contribution in [0.25, 0.3) is 0 Å². The summed E-state index contributed by atoms with van der Waals surface area (Å²) in [6, 6.07) is 0. The molecule has 0 saturated carbocycles. The van der Waals surface area contributed by atoms with E-state index in [1.807, 2.05) is 6.92 Å². The molecule has 0 radical (unpaired) electrons. The van der Waals surface area contributed by atoms with E-state index >= 15 is 0 Å². The number of nitrogens with zero attached hydrogens (tertiary/aromatic N) is 1. The Balaban J connectivity index is 2.38. The SMILES string of the molecule is CCN(CC)P12(CC=C(C)O1)OC(C)C(C)O2. The molecule has 17 heavy (non-hydrogen) atoms. The Bertz CT molecular complexity index is 331. The van der Waals surface area contributed by atoms with Crippen LogP contribution in [0, 0.1) is 0 Å². The summed E-state index contributed by atoms with van der Waals surface area (Å²) in [5.74, 6) is 0.927. The monoisotopic (exact) mass is 261 g/mol. The van der Waals surface area contributed by atoms with Crippen molar-refractivity contribution >= 4 is 7.43 Å². The van der Waals surface area contributed by atoms with Crippen LogP contribution in [-0.2, 0) is 13.6 Å². The molecule has 0 bridgehead atoms. The number of rotatable bonds is 3. The molecule has 0 aromatic carbocycles. The fourth-order valence-corrected chi connectivity index (χ4v) is 7.64. The van der Waals surface area contributed by atoms with Crippen molar-refractivity contribution in [1.29, 1.82) is 0 Å². The van der Waals surface area contributed by atoms with Crippen molar-refractivity contribution in [2.45, 2.75) is 46.8 Å². The van der Waals surface area contributed by atoms with Crippen LogP contribution in [0.15, 0.2) is 11.8 Å². The first-order valence-electron chi connectivity index (χ1n) is 6.47. The molecular weight excluding hydrogens is 237 g/mol. The van der Waals surface area contributed by atoms with Gasteiger partial charge in [0.05, 0.1) is 0 Å². The van der Waals surface area contributed by atoms with Gasteiger partial charge >= 0.3 is 104 Å². The molecule has 0 N–H and O–H groups in total. The van der Waals surface area contributed by atoms with Crippen molar-refractivity contribution in [2.75, 3.05) is 19.3 Å².